The van der Waals surface area contributed by atoms with Crippen LogP contribution in [0.4, 0.5) is 4.79 Å². The molecule has 2 aromatic rings. The van der Waals surface area contributed by atoms with Crippen LogP contribution < -0.4 is 10.1 Å². The minimum atomic E-state index is -2.39. The van der Waals surface area contributed by atoms with Gasteiger partial charge in [0.15, 0.2) is 17.9 Å². The van der Waals surface area contributed by atoms with E-state index < -0.39 is 131 Å². The highest BCUT2D eigenvalue weighted by molar-refractivity contribution is 6.31. The Hall–Kier alpha value is -5.73. The zero-order valence-electron chi connectivity index (χ0n) is 33.5. The van der Waals surface area contributed by atoms with Gasteiger partial charge in [-0.25, -0.2) is 9.59 Å². The molecule has 0 aromatic heterocycles. The average Bonchev–Trinajstić information content (AvgIpc) is 3.54. The number of aliphatic hydroxyl groups excluding tert-OH is 2. The topological polar surface area (TPSA) is 282 Å². The maximum Gasteiger partial charge on any atom is 0.408 e. The minimum absolute atomic E-state index is 0.0354. The largest absolute Gasteiger partial charge is 0.507 e. The molecular formula is C42H46N2O17. The molecule has 1 unspecified atom stereocenters. The molecular weight excluding hydrogens is 804 g/mol. The molecule has 2 aliphatic heterocycles. The highest BCUT2D eigenvalue weighted by Crippen LogP contribution is 2.52. The number of amides is 3. The molecule has 7 rings (SSSR count). The van der Waals surface area contributed by atoms with E-state index in [-0.39, 0.29) is 60.1 Å². The molecule has 5 aliphatic rings. The fraction of sp³-hybridized carbons (Fsp3) is 0.500. The first-order chi connectivity index (χ1) is 28.9. The number of alkyl carbamates (subject to hydrolysis) is 1. The molecule has 61 heavy (non-hydrogen) atoms. The van der Waals surface area contributed by atoms with Crippen LogP contribution in [0, 0.1) is 5.41 Å². The molecule has 326 valence electrons. The van der Waals surface area contributed by atoms with Crippen molar-refractivity contribution in [2.24, 2.45) is 5.41 Å². The Labute approximate surface area is 348 Å². The normalized spacial score (nSPS) is 30.3. The van der Waals surface area contributed by atoms with Gasteiger partial charge in [0.05, 0.1) is 47.5 Å². The predicted molar refractivity (Wildman–Crippen MR) is 204 cm³/mol. The zero-order valence-corrected chi connectivity index (χ0v) is 33.5. The van der Waals surface area contributed by atoms with Gasteiger partial charge in [0.1, 0.15) is 41.7 Å². The number of carbonyl (C=O) groups is 7. The van der Waals surface area contributed by atoms with Crippen LogP contribution in [-0.2, 0) is 44.6 Å². The number of phenols is 2. The number of fused-ring (bicyclic) bond motifs is 3. The van der Waals surface area contributed by atoms with Gasteiger partial charge < -0.3 is 54.6 Å². The lowest BCUT2D eigenvalue weighted by atomic mass is 9.72. The second kappa shape index (κ2) is 16.6. The first kappa shape index (κ1) is 43.4. The quantitative estimate of drug-likeness (QED) is 0.102. The van der Waals surface area contributed by atoms with E-state index >= 15 is 0 Å². The summed E-state index contributed by atoms with van der Waals surface area (Å²) in [6.07, 6.45) is -4.27. The number of Topliss-reactive ketones (excluding diaryl/α,β-unsaturated/α-hetero) is 1. The number of methoxy groups -OCH3 is 1. The molecule has 3 amide bonds. The Kier molecular flexibility index (Phi) is 11.8. The van der Waals surface area contributed by atoms with E-state index in [4.69, 9.17) is 23.8 Å². The number of phenolic OH excluding ortho intramolecular Hbond substituents is 2. The molecule has 19 nitrogen and oxygen atoms in total. The van der Waals surface area contributed by atoms with E-state index in [2.05, 4.69) is 5.32 Å². The molecule has 19 heteroatoms. The summed E-state index contributed by atoms with van der Waals surface area (Å²) in [6.45, 7) is 2.00. The highest BCUT2D eigenvalue weighted by Gasteiger charge is 2.51. The Morgan fingerprint density at radius 3 is 2.39 bits per heavy atom. The second-order valence-electron chi connectivity index (χ2n) is 16.2. The maximum absolute atomic E-state index is 14.0. The van der Waals surface area contributed by atoms with Crippen molar-refractivity contribution in [2.75, 3.05) is 13.7 Å². The van der Waals surface area contributed by atoms with Crippen molar-refractivity contribution >= 4 is 41.2 Å². The first-order valence-corrected chi connectivity index (χ1v) is 19.9. The Morgan fingerprint density at radius 1 is 1.00 bits per heavy atom. The summed E-state index contributed by atoms with van der Waals surface area (Å²) < 4.78 is 23.1. The van der Waals surface area contributed by atoms with E-state index in [1.807, 2.05) is 0 Å². The number of aliphatic hydroxyl groups is 3. The van der Waals surface area contributed by atoms with Gasteiger partial charge in [-0.1, -0.05) is 18.2 Å². The van der Waals surface area contributed by atoms with Gasteiger partial charge in [-0.05, 0) is 51.7 Å². The van der Waals surface area contributed by atoms with Gasteiger partial charge in [0, 0.05) is 48.8 Å². The number of ketones is 3. The number of hydroxylamine groups is 2. The molecule has 2 saturated heterocycles. The number of nitrogens with zero attached hydrogens (tertiary/aromatic N) is 1. The Balaban J connectivity index is 1.10. The van der Waals surface area contributed by atoms with E-state index in [0.717, 1.165) is 0 Å². The molecule has 0 bridgehead atoms. The number of benzene rings is 2. The van der Waals surface area contributed by atoms with Crippen molar-refractivity contribution in [1.29, 1.82) is 0 Å². The van der Waals surface area contributed by atoms with Gasteiger partial charge in [0.25, 0.3) is 11.8 Å². The molecule has 0 spiro atoms. The van der Waals surface area contributed by atoms with Crippen LogP contribution in [-0.4, -0.2) is 122 Å². The van der Waals surface area contributed by atoms with Crippen LogP contribution >= 0.6 is 0 Å². The van der Waals surface area contributed by atoms with Crippen molar-refractivity contribution in [3.05, 3.63) is 63.7 Å². The second-order valence-corrected chi connectivity index (χ2v) is 16.2. The minimum Gasteiger partial charge on any atom is -0.507 e. The fourth-order valence-electron chi connectivity index (χ4n) is 8.67. The maximum atomic E-state index is 14.0. The van der Waals surface area contributed by atoms with Crippen molar-refractivity contribution in [2.45, 2.75) is 114 Å². The van der Waals surface area contributed by atoms with Crippen LogP contribution in [0.15, 0.2) is 30.4 Å². The summed E-state index contributed by atoms with van der Waals surface area (Å²) in [5.74, 6) is -6.26. The number of aromatic hydroxyl groups is 2. The molecule has 0 saturated carbocycles. The van der Waals surface area contributed by atoms with Gasteiger partial charge in [-0.2, -0.15) is 0 Å². The third kappa shape index (κ3) is 7.87. The molecule has 2 fully saturated rings. The lowest BCUT2D eigenvalue weighted by Crippen LogP contribution is -2.56. The number of hydrogen-bond donors (Lipinski definition) is 6. The van der Waals surface area contributed by atoms with Crippen molar-refractivity contribution < 1.29 is 82.9 Å². The summed E-state index contributed by atoms with van der Waals surface area (Å²) in [5, 5.41) is 59.0. The van der Waals surface area contributed by atoms with Crippen molar-refractivity contribution in [3.63, 3.8) is 0 Å². The third-order valence-electron chi connectivity index (χ3n) is 12.2. The van der Waals surface area contributed by atoms with Crippen LogP contribution in [0.25, 0.3) is 0 Å². The van der Waals surface area contributed by atoms with E-state index in [9.17, 15) is 59.1 Å². The number of hydrogen-bond acceptors (Lipinski definition) is 17. The van der Waals surface area contributed by atoms with Crippen molar-refractivity contribution in [3.8, 4) is 17.2 Å². The predicted octanol–water partition coefficient (Wildman–Crippen LogP) is 1.88. The summed E-state index contributed by atoms with van der Waals surface area (Å²) in [7, 11) is 1.29. The number of imide groups is 1. The summed E-state index contributed by atoms with van der Waals surface area (Å²) in [5.41, 5.74) is -5.43. The number of carbonyl (C=O) groups excluding carboxylic acids is 7. The molecule has 2 heterocycles. The average molecular weight is 851 g/mol. The Morgan fingerprint density at radius 2 is 1.70 bits per heavy atom. The van der Waals surface area contributed by atoms with Crippen LogP contribution in [0.1, 0.15) is 114 Å². The standard InChI is InChI=1S/C42H46N2O17/c1-19-34(49)23(43-40(55)59-20-7-4-5-13-41(2,14-12-20)39(54)61-44-27(47)10-11-28(44)48)15-29(58-19)60-25-17-42(56,26(46)18-45)16-22-31(25)38(53)33-32(36(22)51)35(50)21-8-6-9-24(57-3)30(21)37(33)52/h4,6-9,19-20,23,25,29,34,45,49,51,53,56H,5,10-18H2,1-3H3,(H,43,55)/b7-4+/t19-,20-,23-,25-,29-,34+,41?,42-/m0/s1. The van der Waals surface area contributed by atoms with Gasteiger partial charge in [0.2, 0.25) is 5.78 Å². The number of ether oxygens (including phenoxy) is 4. The summed E-state index contributed by atoms with van der Waals surface area (Å²) in [6, 6.07) is 3.17. The van der Waals surface area contributed by atoms with E-state index in [1.54, 1.807) is 19.1 Å². The highest BCUT2D eigenvalue weighted by atomic mass is 16.7. The van der Waals surface area contributed by atoms with Gasteiger partial charge in [-0.15, -0.1) is 5.06 Å². The molecule has 3 aliphatic carbocycles. The first-order valence-electron chi connectivity index (χ1n) is 19.9. The summed E-state index contributed by atoms with van der Waals surface area (Å²) in [4.78, 5) is 96.5. The summed E-state index contributed by atoms with van der Waals surface area (Å²) >= 11 is 0. The van der Waals surface area contributed by atoms with Crippen LogP contribution in [0.5, 0.6) is 17.2 Å². The molecule has 0 radical (unpaired) electrons. The van der Waals surface area contributed by atoms with Crippen LogP contribution in [0.3, 0.4) is 0 Å². The zero-order chi connectivity index (χ0) is 44.1. The molecule has 2 aromatic carbocycles. The van der Waals surface area contributed by atoms with Gasteiger partial charge >= 0.3 is 12.1 Å². The van der Waals surface area contributed by atoms with Gasteiger partial charge in [-0.3, -0.25) is 24.0 Å². The molecule has 6 N–H and O–H groups in total. The lowest BCUT2D eigenvalue weighted by molar-refractivity contribution is -0.249. The smallest absolute Gasteiger partial charge is 0.408 e. The monoisotopic (exact) mass is 850 g/mol. The lowest BCUT2D eigenvalue weighted by Gasteiger charge is -2.42. The van der Waals surface area contributed by atoms with Crippen LogP contribution in [0.2, 0.25) is 0 Å². The third-order valence-corrected chi connectivity index (χ3v) is 12.2. The van der Waals surface area contributed by atoms with E-state index in [1.165, 1.54) is 32.2 Å². The number of nitrogens with one attached hydrogen (secondary N) is 1. The molecule has 8 atom stereocenters. The van der Waals surface area contributed by atoms with Crippen molar-refractivity contribution in [1.82, 2.24) is 10.4 Å². The number of allylic oxidation sites excluding steroid dienone is 1. The van der Waals surface area contributed by atoms with E-state index in [0.29, 0.717) is 17.9 Å². The SMILES string of the molecule is COc1cccc2c1C(=O)c1c(O)c3c(c(O)c1C2=O)C[C@@](O)(C(=O)CO)C[C@@H]3O[C@H]1C[C@H](NC(=O)O[C@H]2/C=C/CCC(C)(C(=O)ON3C(=O)CCC3=O)CC2)[C@H](O)[C@H](C)O1. The Bertz CT molecular complexity index is 2220. The number of rotatable bonds is 9. The fourth-order valence-corrected chi connectivity index (χ4v) is 8.67.